The van der Waals surface area contributed by atoms with Crippen LogP contribution < -0.4 is 9.47 Å². The van der Waals surface area contributed by atoms with Crippen molar-refractivity contribution in [2.45, 2.75) is 174 Å². The molecule has 1 saturated carbocycles. The fourth-order valence-electron chi connectivity index (χ4n) is 6.84. The first-order valence-corrected chi connectivity index (χ1v) is 19.8. The van der Waals surface area contributed by atoms with Gasteiger partial charge in [-0.2, -0.15) is 0 Å². The molecule has 2 aromatic carbocycles. The molecular formula is C39H62O2P2. The van der Waals surface area contributed by atoms with Gasteiger partial charge in [-0.05, 0) is 79.2 Å². The molecule has 1 heterocycles. The highest BCUT2D eigenvalue weighted by Gasteiger charge is 2.41. The molecule has 43 heavy (non-hydrogen) atoms. The number of aryl methyl sites for hydroxylation is 2. The van der Waals surface area contributed by atoms with Gasteiger partial charge in [0.1, 0.15) is 17.3 Å². The van der Waals surface area contributed by atoms with E-state index in [0.717, 1.165) is 22.3 Å². The summed E-state index contributed by atoms with van der Waals surface area (Å²) < 4.78 is 14.1. The van der Waals surface area contributed by atoms with E-state index in [9.17, 15) is 0 Å². The van der Waals surface area contributed by atoms with Gasteiger partial charge in [0.2, 0.25) is 0 Å². The van der Waals surface area contributed by atoms with E-state index in [1.807, 2.05) is 0 Å². The molecule has 1 spiro atoms. The molecule has 1 saturated heterocycles. The van der Waals surface area contributed by atoms with Crippen LogP contribution in [0.15, 0.2) is 24.3 Å². The highest BCUT2D eigenvalue weighted by atomic mass is 32.0. The Morgan fingerprint density at radius 2 is 0.907 bits per heavy atom. The highest BCUT2D eigenvalue weighted by Crippen LogP contribution is 2.63. The van der Waals surface area contributed by atoms with Crippen molar-refractivity contribution < 1.29 is 9.47 Å². The van der Waals surface area contributed by atoms with Gasteiger partial charge in [0, 0.05) is 22.3 Å². The van der Waals surface area contributed by atoms with Gasteiger partial charge in [-0.1, -0.05) is 135 Å². The molecule has 3 unspecified atom stereocenters. The fourth-order valence-corrected chi connectivity index (χ4v) is 11.7. The molecule has 1 aliphatic heterocycles. The van der Waals surface area contributed by atoms with Crippen LogP contribution in [0.4, 0.5) is 0 Å². The summed E-state index contributed by atoms with van der Waals surface area (Å²) in [6.45, 7) is 32.4. The van der Waals surface area contributed by atoms with Crippen LogP contribution in [0.3, 0.4) is 0 Å². The van der Waals surface area contributed by atoms with Gasteiger partial charge in [-0.15, -0.1) is 0 Å². The van der Waals surface area contributed by atoms with Crippen LogP contribution >= 0.6 is 16.5 Å². The van der Waals surface area contributed by atoms with Crippen LogP contribution in [0.25, 0.3) is 0 Å². The summed E-state index contributed by atoms with van der Waals surface area (Å²) in [5.41, 5.74) is 8.33. The first kappa shape index (κ1) is 34.8. The van der Waals surface area contributed by atoms with Crippen molar-refractivity contribution in [3.8, 4) is 11.5 Å². The Labute approximate surface area is 268 Å². The molecule has 0 N–H and O–H groups in total. The summed E-state index contributed by atoms with van der Waals surface area (Å²) in [5.74, 6) is 2.68. The summed E-state index contributed by atoms with van der Waals surface area (Å²) in [6, 6.07) is 9.46. The number of benzene rings is 2. The molecule has 0 amide bonds. The van der Waals surface area contributed by atoms with Gasteiger partial charge >= 0.3 is 0 Å². The SMILES string of the molecule is Cc1cc(C(C)(C)C)c(OC2CCC3(CC2)CCC(Oc2c(C(C)(C)C)cc(C)cc2C(C)(C)C)PP3)c(C(C)(C)C)c1. The molecule has 0 aromatic heterocycles. The molecule has 4 rings (SSSR count). The minimum atomic E-state index is 0.0509. The Morgan fingerprint density at radius 1 is 0.558 bits per heavy atom. The maximum absolute atomic E-state index is 7.05. The summed E-state index contributed by atoms with van der Waals surface area (Å²) in [6.07, 6.45) is 7.72. The molecule has 0 radical (unpaired) electrons. The zero-order valence-corrected chi connectivity index (χ0v) is 32.0. The molecule has 2 aromatic rings. The molecule has 1 aliphatic carbocycles. The van der Waals surface area contributed by atoms with E-state index in [2.05, 4.69) is 121 Å². The average molecular weight is 625 g/mol. The molecule has 4 heteroatoms. The van der Waals surface area contributed by atoms with Crippen molar-refractivity contribution in [3.05, 3.63) is 57.6 Å². The minimum absolute atomic E-state index is 0.0509. The summed E-state index contributed by atoms with van der Waals surface area (Å²) in [4.78, 5) is 0. The lowest BCUT2D eigenvalue weighted by atomic mass is 9.78. The van der Waals surface area contributed by atoms with Gasteiger partial charge in [-0.25, -0.2) is 0 Å². The Hall–Kier alpha value is -1.10. The van der Waals surface area contributed by atoms with Crippen molar-refractivity contribution >= 4 is 16.5 Å². The van der Waals surface area contributed by atoms with E-state index in [-0.39, 0.29) is 21.7 Å². The quantitative estimate of drug-likeness (QED) is 0.315. The Balaban J connectivity index is 1.46. The maximum Gasteiger partial charge on any atom is 0.127 e. The van der Waals surface area contributed by atoms with Gasteiger partial charge in [0.05, 0.1) is 6.10 Å². The van der Waals surface area contributed by atoms with E-state index < -0.39 is 0 Å². The molecule has 2 fully saturated rings. The standard InChI is InChI=1S/C39H62O2P2/c1-25-21-28(35(3,4)5)33(29(22-25)36(6,7)8)40-27-15-18-39(19-16-27)20-17-32(42-43-39)41-34-30(37(9,10)11)23-26(2)24-31(34)38(12,13)14/h21-24,27,32,42-43H,15-20H2,1-14H3. The third-order valence-electron chi connectivity index (χ3n) is 9.52. The minimum Gasteiger partial charge on any atom is -0.490 e. The van der Waals surface area contributed by atoms with E-state index in [1.165, 1.54) is 77.7 Å². The molecule has 240 valence electrons. The van der Waals surface area contributed by atoms with Crippen molar-refractivity contribution in [1.29, 1.82) is 0 Å². The molecule has 0 bridgehead atoms. The molecular weight excluding hydrogens is 562 g/mol. The predicted octanol–water partition coefficient (Wildman–Crippen LogP) is 12.0. The van der Waals surface area contributed by atoms with Crippen LogP contribution in [0.2, 0.25) is 0 Å². The van der Waals surface area contributed by atoms with Crippen molar-refractivity contribution in [2.24, 2.45) is 0 Å². The second kappa shape index (κ2) is 12.3. The average Bonchev–Trinajstić information content (AvgIpc) is 2.86. The summed E-state index contributed by atoms with van der Waals surface area (Å²) >= 11 is 0. The van der Waals surface area contributed by atoms with Crippen LogP contribution in [-0.4, -0.2) is 17.1 Å². The first-order valence-electron chi connectivity index (χ1n) is 16.8. The number of hydrogen-bond donors (Lipinski definition) is 0. The maximum atomic E-state index is 7.05. The number of hydrogen-bond acceptors (Lipinski definition) is 2. The van der Waals surface area contributed by atoms with Gasteiger partial charge in [-0.3, -0.25) is 0 Å². The van der Waals surface area contributed by atoms with Gasteiger partial charge < -0.3 is 9.47 Å². The summed E-state index contributed by atoms with van der Waals surface area (Å²) in [7, 11) is 1.88. The highest BCUT2D eigenvalue weighted by molar-refractivity contribution is 8.12. The lowest BCUT2D eigenvalue weighted by Gasteiger charge is -2.45. The van der Waals surface area contributed by atoms with Crippen LogP contribution in [0, 0.1) is 13.8 Å². The van der Waals surface area contributed by atoms with Crippen LogP contribution in [0.5, 0.6) is 11.5 Å². The first-order chi connectivity index (χ1) is 19.6. The van der Waals surface area contributed by atoms with E-state index in [0.29, 0.717) is 17.1 Å². The smallest absolute Gasteiger partial charge is 0.127 e. The Kier molecular flexibility index (Phi) is 9.91. The second-order valence-corrected chi connectivity index (χ2v) is 21.7. The number of ether oxygens (including phenoxy) is 2. The summed E-state index contributed by atoms with van der Waals surface area (Å²) in [5, 5.41) is 0.498. The molecule has 2 aliphatic rings. The zero-order valence-electron chi connectivity index (χ0n) is 30.0. The normalized spacial score (nSPS) is 25.0. The van der Waals surface area contributed by atoms with E-state index in [4.69, 9.17) is 9.47 Å². The lowest BCUT2D eigenvalue weighted by Crippen LogP contribution is -2.37. The molecule has 2 nitrogen and oxygen atoms in total. The van der Waals surface area contributed by atoms with E-state index in [1.54, 1.807) is 0 Å². The Morgan fingerprint density at radius 3 is 1.23 bits per heavy atom. The second-order valence-electron chi connectivity index (χ2n) is 17.9. The monoisotopic (exact) mass is 624 g/mol. The topological polar surface area (TPSA) is 18.5 Å². The van der Waals surface area contributed by atoms with Gasteiger partial charge in [0.25, 0.3) is 0 Å². The third kappa shape index (κ3) is 8.20. The number of rotatable bonds is 4. The zero-order chi connectivity index (χ0) is 32.2. The van der Waals surface area contributed by atoms with E-state index >= 15 is 0 Å². The lowest BCUT2D eigenvalue weighted by molar-refractivity contribution is 0.128. The van der Waals surface area contributed by atoms with Crippen molar-refractivity contribution in [3.63, 3.8) is 0 Å². The van der Waals surface area contributed by atoms with Crippen molar-refractivity contribution in [1.82, 2.24) is 0 Å². The molecule has 3 atom stereocenters. The van der Waals surface area contributed by atoms with Crippen molar-refractivity contribution in [2.75, 3.05) is 0 Å². The van der Waals surface area contributed by atoms with Crippen LogP contribution in [0.1, 0.15) is 155 Å². The largest absolute Gasteiger partial charge is 0.490 e. The van der Waals surface area contributed by atoms with Crippen LogP contribution in [-0.2, 0) is 21.7 Å². The third-order valence-corrected chi connectivity index (χ3v) is 14.7. The van der Waals surface area contributed by atoms with Gasteiger partial charge in [0.15, 0.2) is 0 Å². The fraction of sp³-hybridized carbons (Fsp3) is 0.692. The Bertz CT molecular complexity index is 1110. The predicted molar refractivity (Wildman–Crippen MR) is 193 cm³/mol.